The number of hydrogen-bond donors (Lipinski definition) is 2. The van der Waals surface area contributed by atoms with E-state index >= 15 is 0 Å². The van der Waals surface area contributed by atoms with E-state index in [0.717, 1.165) is 5.56 Å². The molecule has 30 heavy (non-hydrogen) atoms. The summed E-state index contributed by atoms with van der Waals surface area (Å²) >= 11 is 3.24. The number of carbonyl (C=O) groups excluding carboxylic acids is 2. The third kappa shape index (κ3) is 6.84. The monoisotopic (exact) mass is 477 g/mol. The molecule has 2 amide bonds. The number of amides is 2. The molecule has 2 atom stereocenters. The van der Waals surface area contributed by atoms with E-state index in [9.17, 15) is 14.0 Å². The molecule has 0 fully saturated rings. The molecule has 2 aromatic rings. The highest BCUT2D eigenvalue weighted by Gasteiger charge is 2.25. The second-order valence-electron chi connectivity index (χ2n) is 6.74. The average Bonchev–Trinajstić information content (AvgIpc) is 3.16. The van der Waals surface area contributed by atoms with Crippen LogP contribution in [0.4, 0.5) is 9.18 Å². The predicted molar refractivity (Wildman–Crippen MR) is 113 cm³/mol. The van der Waals surface area contributed by atoms with Crippen LogP contribution in [-0.4, -0.2) is 35.3 Å². The summed E-state index contributed by atoms with van der Waals surface area (Å²) in [6.07, 6.45) is -0.376. The van der Waals surface area contributed by atoms with E-state index in [4.69, 9.17) is 9.57 Å². The molecule has 3 rings (SSSR count). The molecule has 0 radical (unpaired) electrons. The highest BCUT2D eigenvalue weighted by molar-refractivity contribution is 9.18. The van der Waals surface area contributed by atoms with Crippen molar-refractivity contribution in [1.29, 1.82) is 0 Å². The van der Waals surface area contributed by atoms with Gasteiger partial charge in [-0.05, 0) is 39.2 Å². The van der Waals surface area contributed by atoms with E-state index in [1.165, 1.54) is 12.1 Å². The summed E-state index contributed by atoms with van der Waals surface area (Å²) in [6.45, 7) is 0.292. The molecule has 2 N–H and O–H groups in total. The molecule has 2 aromatic carbocycles. The number of hydrogen-bond acceptors (Lipinski definition) is 5. The Labute approximate surface area is 181 Å². The third-order valence-corrected chi connectivity index (χ3v) is 4.82. The molecule has 9 heteroatoms. The van der Waals surface area contributed by atoms with E-state index < -0.39 is 23.9 Å². The molecule has 1 aliphatic heterocycles. The Balaban J connectivity index is 1.59. The normalized spacial score (nSPS) is 16.2. The quantitative estimate of drug-likeness (QED) is 0.610. The molecular weight excluding hydrogens is 457 g/mol. The van der Waals surface area contributed by atoms with E-state index in [-0.39, 0.29) is 25.7 Å². The fourth-order valence-corrected chi connectivity index (χ4v) is 3.30. The average molecular weight is 478 g/mol. The number of carbonyl (C=O) groups is 2. The fourth-order valence-electron chi connectivity index (χ4n) is 2.86. The zero-order chi connectivity index (χ0) is 21.3. The van der Waals surface area contributed by atoms with Gasteiger partial charge in [-0.15, -0.1) is 0 Å². The van der Waals surface area contributed by atoms with Crippen LogP contribution in [0.15, 0.2) is 59.8 Å². The summed E-state index contributed by atoms with van der Waals surface area (Å²) in [7, 11) is 0. The Hall–Kier alpha value is -2.94. The lowest BCUT2D eigenvalue weighted by Crippen LogP contribution is -2.49. The van der Waals surface area contributed by atoms with Gasteiger partial charge in [-0.2, -0.15) is 0 Å². The molecule has 0 aliphatic carbocycles. The van der Waals surface area contributed by atoms with E-state index in [1.54, 1.807) is 12.1 Å². The number of alkyl carbamates (subject to hydrolysis) is 1. The SMILES string of the molecule is O=C(N[C@@H](Cc1cccc(F)c1)C(=O)NCC1CC(Br)=NO1)OCc1ccccc1. The summed E-state index contributed by atoms with van der Waals surface area (Å²) < 4.78 is 19.4. The second kappa shape index (κ2) is 10.7. The van der Waals surface area contributed by atoms with Crippen LogP contribution < -0.4 is 10.6 Å². The van der Waals surface area contributed by atoms with Crippen LogP contribution in [0.25, 0.3) is 0 Å². The highest BCUT2D eigenvalue weighted by Crippen LogP contribution is 2.13. The lowest BCUT2D eigenvalue weighted by atomic mass is 10.1. The van der Waals surface area contributed by atoms with Crippen LogP contribution in [-0.2, 0) is 27.4 Å². The first-order valence-electron chi connectivity index (χ1n) is 9.37. The molecule has 0 saturated carbocycles. The van der Waals surface area contributed by atoms with Crippen molar-refractivity contribution in [2.75, 3.05) is 6.54 Å². The van der Waals surface area contributed by atoms with Gasteiger partial charge in [-0.3, -0.25) is 4.79 Å². The number of nitrogens with one attached hydrogen (secondary N) is 2. The van der Waals surface area contributed by atoms with Crippen LogP contribution >= 0.6 is 15.9 Å². The van der Waals surface area contributed by atoms with Crippen LogP contribution in [0.3, 0.4) is 0 Å². The van der Waals surface area contributed by atoms with Crippen molar-refractivity contribution in [1.82, 2.24) is 10.6 Å². The first-order valence-corrected chi connectivity index (χ1v) is 10.2. The van der Waals surface area contributed by atoms with Crippen LogP contribution in [0.2, 0.25) is 0 Å². The number of oxime groups is 1. The predicted octanol–water partition coefficient (Wildman–Crippen LogP) is 3.28. The van der Waals surface area contributed by atoms with E-state index in [0.29, 0.717) is 16.6 Å². The van der Waals surface area contributed by atoms with Crippen molar-refractivity contribution in [3.63, 3.8) is 0 Å². The fraction of sp³-hybridized carbons (Fsp3) is 0.286. The Bertz CT molecular complexity index is 910. The summed E-state index contributed by atoms with van der Waals surface area (Å²) in [4.78, 5) is 30.1. The summed E-state index contributed by atoms with van der Waals surface area (Å²) in [5.41, 5.74) is 1.39. The zero-order valence-electron chi connectivity index (χ0n) is 16.0. The molecule has 158 valence electrons. The molecule has 1 unspecified atom stereocenters. The van der Waals surface area contributed by atoms with Gasteiger partial charge >= 0.3 is 6.09 Å². The maximum absolute atomic E-state index is 13.5. The minimum absolute atomic E-state index is 0.0717. The lowest BCUT2D eigenvalue weighted by Gasteiger charge is -2.19. The third-order valence-electron chi connectivity index (χ3n) is 4.35. The molecule has 7 nitrogen and oxygen atoms in total. The number of halogens is 2. The van der Waals surface area contributed by atoms with Crippen LogP contribution in [0.5, 0.6) is 0 Å². The molecule has 0 spiro atoms. The molecule has 0 bridgehead atoms. The standard InChI is InChI=1S/C21H21BrFN3O4/c22-19-11-17(30-26-19)12-24-20(27)18(10-15-7-4-8-16(23)9-15)25-21(28)29-13-14-5-2-1-3-6-14/h1-9,17-18H,10-13H2,(H,24,27)(H,25,28)/t17?,18-/m0/s1. The van der Waals surface area contributed by atoms with Gasteiger partial charge in [0.15, 0.2) is 6.10 Å². The number of ether oxygens (including phenoxy) is 1. The zero-order valence-corrected chi connectivity index (χ0v) is 17.6. The molecular formula is C21H21BrFN3O4. The Kier molecular flexibility index (Phi) is 7.78. The second-order valence-corrected chi connectivity index (χ2v) is 7.65. The van der Waals surface area contributed by atoms with Crippen molar-refractivity contribution in [3.05, 3.63) is 71.5 Å². The van der Waals surface area contributed by atoms with Gasteiger partial charge in [0.05, 0.1) is 6.54 Å². The number of nitrogens with zero attached hydrogens (tertiary/aromatic N) is 1. The van der Waals surface area contributed by atoms with Crippen molar-refractivity contribution in [2.45, 2.75) is 31.6 Å². The smallest absolute Gasteiger partial charge is 0.408 e. The van der Waals surface area contributed by atoms with Gasteiger partial charge < -0.3 is 20.2 Å². The first-order chi connectivity index (χ1) is 14.5. The van der Waals surface area contributed by atoms with Crippen molar-refractivity contribution < 1.29 is 23.6 Å². The minimum Gasteiger partial charge on any atom is -0.445 e. The van der Waals surface area contributed by atoms with Gasteiger partial charge in [-0.1, -0.05) is 47.6 Å². The van der Waals surface area contributed by atoms with Crippen molar-refractivity contribution >= 4 is 32.6 Å². The Morgan fingerprint density at radius 2 is 1.97 bits per heavy atom. The number of rotatable bonds is 8. The van der Waals surface area contributed by atoms with Crippen LogP contribution in [0, 0.1) is 5.82 Å². The largest absolute Gasteiger partial charge is 0.445 e. The van der Waals surface area contributed by atoms with Gasteiger partial charge in [0.1, 0.15) is 23.1 Å². The molecule has 1 heterocycles. The van der Waals surface area contributed by atoms with Gasteiger partial charge in [0, 0.05) is 12.8 Å². The molecule has 0 aromatic heterocycles. The van der Waals surface area contributed by atoms with Gasteiger partial charge in [-0.25, -0.2) is 9.18 Å². The van der Waals surface area contributed by atoms with Crippen molar-refractivity contribution in [3.8, 4) is 0 Å². The molecule has 1 aliphatic rings. The Morgan fingerprint density at radius 1 is 1.20 bits per heavy atom. The minimum atomic E-state index is -0.944. The Morgan fingerprint density at radius 3 is 2.67 bits per heavy atom. The lowest BCUT2D eigenvalue weighted by molar-refractivity contribution is -0.123. The van der Waals surface area contributed by atoms with Gasteiger partial charge in [0.25, 0.3) is 0 Å². The summed E-state index contributed by atoms with van der Waals surface area (Å²) in [5, 5.41) is 9.07. The first kappa shape index (κ1) is 21.8. The topological polar surface area (TPSA) is 89.0 Å². The van der Waals surface area contributed by atoms with Crippen LogP contribution in [0.1, 0.15) is 17.5 Å². The van der Waals surface area contributed by atoms with Gasteiger partial charge in [0.2, 0.25) is 5.91 Å². The molecule has 0 saturated heterocycles. The highest BCUT2D eigenvalue weighted by atomic mass is 79.9. The maximum atomic E-state index is 13.5. The maximum Gasteiger partial charge on any atom is 0.408 e. The van der Waals surface area contributed by atoms with E-state index in [2.05, 4.69) is 31.7 Å². The summed E-state index contributed by atoms with van der Waals surface area (Å²) in [5.74, 6) is -0.845. The van der Waals surface area contributed by atoms with E-state index in [1.807, 2.05) is 30.3 Å². The summed E-state index contributed by atoms with van der Waals surface area (Å²) in [6, 6.07) is 14.1. The number of benzene rings is 2. The van der Waals surface area contributed by atoms with Crippen molar-refractivity contribution in [2.24, 2.45) is 5.16 Å².